The molecule has 0 aliphatic carbocycles. The maximum absolute atomic E-state index is 12.2. The van der Waals surface area contributed by atoms with Crippen molar-refractivity contribution in [2.75, 3.05) is 33.7 Å². The molecule has 1 aromatic rings. The minimum Gasteiger partial charge on any atom is -0.355 e. The molecule has 1 aromatic carbocycles. The van der Waals surface area contributed by atoms with Crippen LogP contribution in [0.1, 0.15) is 5.56 Å². The zero-order valence-electron chi connectivity index (χ0n) is 13.0. The van der Waals surface area contributed by atoms with Gasteiger partial charge in [0, 0.05) is 31.7 Å². The van der Waals surface area contributed by atoms with E-state index in [0.717, 1.165) is 5.56 Å². The topological polar surface area (TPSA) is 39.7 Å². The van der Waals surface area contributed by atoms with Gasteiger partial charge in [0.2, 0.25) is 0 Å². The van der Waals surface area contributed by atoms with E-state index >= 15 is 0 Å². The molecule has 0 aliphatic rings. The maximum Gasteiger partial charge on any atom is 0.401 e. The molecule has 0 amide bonds. The molecule has 0 aliphatic heterocycles. The van der Waals surface area contributed by atoms with Crippen LogP contribution in [0.25, 0.3) is 0 Å². The average molecular weight is 465 g/mol. The molecule has 0 heterocycles. The second-order valence-corrected chi connectivity index (χ2v) is 5.20. The fourth-order valence-electron chi connectivity index (χ4n) is 1.79. The van der Waals surface area contributed by atoms with Crippen molar-refractivity contribution in [3.05, 3.63) is 34.9 Å². The second-order valence-electron chi connectivity index (χ2n) is 4.80. The van der Waals surface area contributed by atoms with Gasteiger partial charge in [0.25, 0.3) is 0 Å². The van der Waals surface area contributed by atoms with Crippen molar-refractivity contribution < 1.29 is 13.2 Å². The smallest absolute Gasteiger partial charge is 0.355 e. The fourth-order valence-corrected chi connectivity index (χ4v) is 1.99. The van der Waals surface area contributed by atoms with E-state index in [1.54, 1.807) is 13.1 Å². The average Bonchev–Trinajstić information content (AvgIpc) is 2.42. The molecule has 0 atom stereocenters. The summed E-state index contributed by atoms with van der Waals surface area (Å²) in [5.74, 6) is 0.514. The van der Waals surface area contributed by atoms with Crippen LogP contribution in [0.4, 0.5) is 13.2 Å². The lowest BCUT2D eigenvalue weighted by atomic mass is 10.2. The summed E-state index contributed by atoms with van der Waals surface area (Å²) in [6, 6.07) is 7.40. The molecule has 23 heavy (non-hydrogen) atoms. The number of hydrogen-bond acceptors (Lipinski definition) is 2. The minimum absolute atomic E-state index is 0. The summed E-state index contributed by atoms with van der Waals surface area (Å²) in [6.07, 6.45) is -4.18. The highest BCUT2D eigenvalue weighted by molar-refractivity contribution is 14.0. The number of nitrogens with one attached hydrogen (secondary N) is 2. The van der Waals surface area contributed by atoms with E-state index in [9.17, 15) is 13.2 Å². The fraction of sp³-hybridized carbons (Fsp3) is 0.500. The van der Waals surface area contributed by atoms with Crippen LogP contribution in [0.2, 0.25) is 5.02 Å². The number of hydrogen-bond donors (Lipinski definition) is 2. The van der Waals surface area contributed by atoms with Gasteiger partial charge in [-0.15, -0.1) is 24.0 Å². The van der Waals surface area contributed by atoms with Gasteiger partial charge in [0.05, 0.1) is 6.54 Å². The molecule has 0 saturated carbocycles. The quantitative estimate of drug-likeness (QED) is 0.386. The molecule has 0 unspecified atom stereocenters. The molecule has 9 heteroatoms. The molecule has 0 fully saturated rings. The van der Waals surface area contributed by atoms with Gasteiger partial charge in [-0.25, -0.2) is 0 Å². The number of rotatable bonds is 6. The van der Waals surface area contributed by atoms with Gasteiger partial charge >= 0.3 is 6.18 Å². The van der Waals surface area contributed by atoms with Crippen molar-refractivity contribution in [2.24, 2.45) is 4.99 Å². The lowest BCUT2D eigenvalue weighted by Gasteiger charge is -2.19. The van der Waals surface area contributed by atoms with Crippen LogP contribution in [-0.2, 0) is 6.54 Å². The molecular formula is C14H21ClF3IN4. The van der Waals surface area contributed by atoms with Crippen molar-refractivity contribution in [1.82, 2.24) is 15.5 Å². The van der Waals surface area contributed by atoms with E-state index < -0.39 is 12.7 Å². The zero-order chi connectivity index (χ0) is 16.6. The van der Waals surface area contributed by atoms with E-state index in [2.05, 4.69) is 15.6 Å². The second kappa shape index (κ2) is 10.9. The number of halogens is 5. The van der Waals surface area contributed by atoms with Gasteiger partial charge in [0.1, 0.15) is 0 Å². The summed E-state index contributed by atoms with van der Waals surface area (Å²) in [6.45, 7) is 0.166. The molecule has 132 valence electrons. The first-order valence-electron chi connectivity index (χ1n) is 6.75. The largest absolute Gasteiger partial charge is 0.401 e. The van der Waals surface area contributed by atoms with Gasteiger partial charge in [-0.3, -0.25) is 9.89 Å². The Labute approximate surface area is 156 Å². The summed E-state index contributed by atoms with van der Waals surface area (Å²) in [5.41, 5.74) is 0.918. The van der Waals surface area contributed by atoms with Crippen molar-refractivity contribution in [2.45, 2.75) is 12.7 Å². The Morgan fingerprint density at radius 3 is 2.48 bits per heavy atom. The van der Waals surface area contributed by atoms with E-state index in [0.29, 0.717) is 24.1 Å². The normalized spacial score (nSPS) is 12.0. The van der Waals surface area contributed by atoms with Crippen LogP contribution >= 0.6 is 35.6 Å². The van der Waals surface area contributed by atoms with Gasteiger partial charge < -0.3 is 10.6 Å². The predicted molar refractivity (Wildman–Crippen MR) is 98.6 cm³/mol. The third kappa shape index (κ3) is 9.87. The third-order valence-electron chi connectivity index (χ3n) is 2.86. The molecule has 2 N–H and O–H groups in total. The van der Waals surface area contributed by atoms with Crippen LogP contribution in [0.5, 0.6) is 0 Å². The Hall–Kier alpha value is -0.740. The molecule has 0 saturated heterocycles. The summed E-state index contributed by atoms with van der Waals surface area (Å²) in [5, 5.41) is 6.67. The Kier molecular flexibility index (Phi) is 10.6. The zero-order valence-corrected chi connectivity index (χ0v) is 16.0. The first-order chi connectivity index (χ1) is 10.3. The van der Waals surface area contributed by atoms with Crippen LogP contribution in [-0.4, -0.2) is 50.8 Å². The highest BCUT2D eigenvalue weighted by Crippen LogP contribution is 2.15. The van der Waals surface area contributed by atoms with Crippen LogP contribution in [0.3, 0.4) is 0 Å². The molecule has 0 bridgehead atoms. The van der Waals surface area contributed by atoms with Gasteiger partial charge in [-0.1, -0.05) is 29.8 Å². The highest BCUT2D eigenvalue weighted by Gasteiger charge is 2.28. The van der Waals surface area contributed by atoms with E-state index in [1.165, 1.54) is 11.9 Å². The van der Waals surface area contributed by atoms with Gasteiger partial charge in [0.15, 0.2) is 5.96 Å². The SMILES string of the molecule is CN=C(NCCN(C)CC(F)(F)F)NCc1ccccc1Cl.I. The summed E-state index contributed by atoms with van der Waals surface area (Å²) in [7, 11) is 3.02. The predicted octanol–water partition coefficient (Wildman–Crippen LogP) is 3.12. The lowest BCUT2D eigenvalue weighted by Crippen LogP contribution is -2.42. The molecule has 0 radical (unpaired) electrons. The van der Waals surface area contributed by atoms with Crippen molar-refractivity contribution >= 4 is 41.5 Å². The number of aliphatic imine (C=N–C) groups is 1. The number of likely N-dealkylation sites (N-methyl/N-ethyl adjacent to an activating group) is 1. The van der Waals surface area contributed by atoms with E-state index in [4.69, 9.17) is 11.6 Å². The molecule has 4 nitrogen and oxygen atoms in total. The van der Waals surface area contributed by atoms with E-state index in [-0.39, 0.29) is 30.5 Å². The number of alkyl halides is 3. The third-order valence-corrected chi connectivity index (χ3v) is 3.23. The van der Waals surface area contributed by atoms with E-state index in [1.807, 2.05) is 18.2 Å². The van der Waals surface area contributed by atoms with Crippen molar-refractivity contribution in [3.63, 3.8) is 0 Å². The van der Waals surface area contributed by atoms with Crippen molar-refractivity contribution in [3.8, 4) is 0 Å². The first kappa shape index (κ1) is 22.3. The molecule has 0 aromatic heterocycles. The van der Waals surface area contributed by atoms with Gasteiger partial charge in [-0.05, 0) is 18.7 Å². The van der Waals surface area contributed by atoms with Crippen LogP contribution < -0.4 is 10.6 Å². The van der Waals surface area contributed by atoms with Crippen molar-refractivity contribution in [1.29, 1.82) is 0 Å². The number of nitrogens with zero attached hydrogens (tertiary/aromatic N) is 2. The van der Waals surface area contributed by atoms with Crippen LogP contribution in [0, 0.1) is 0 Å². The summed E-state index contributed by atoms with van der Waals surface area (Å²) >= 11 is 6.04. The Morgan fingerprint density at radius 1 is 1.26 bits per heavy atom. The lowest BCUT2D eigenvalue weighted by molar-refractivity contribution is -0.142. The Balaban J connectivity index is 0.00000484. The van der Waals surface area contributed by atoms with Gasteiger partial charge in [-0.2, -0.15) is 13.2 Å². The summed E-state index contributed by atoms with van der Waals surface area (Å²) in [4.78, 5) is 5.22. The minimum atomic E-state index is -4.18. The standard InChI is InChI=1S/C14H20ClF3N4.HI/c1-19-13(20-7-8-22(2)10-14(16,17)18)21-9-11-5-3-4-6-12(11)15;/h3-6H,7-10H2,1-2H3,(H2,19,20,21);1H. The molecule has 0 spiro atoms. The molecular weight excluding hydrogens is 444 g/mol. The number of benzene rings is 1. The summed E-state index contributed by atoms with van der Waals surface area (Å²) < 4.78 is 36.6. The Morgan fingerprint density at radius 2 is 1.91 bits per heavy atom. The first-order valence-corrected chi connectivity index (χ1v) is 7.13. The van der Waals surface area contributed by atoms with Crippen LogP contribution in [0.15, 0.2) is 29.3 Å². The Bertz CT molecular complexity index is 497. The monoisotopic (exact) mass is 464 g/mol. The molecule has 1 rings (SSSR count). The highest BCUT2D eigenvalue weighted by atomic mass is 127. The number of guanidine groups is 1. The maximum atomic E-state index is 12.2.